The summed E-state index contributed by atoms with van der Waals surface area (Å²) in [6.07, 6.45) is 3.28. The maximum atomic E-state index is 11.9. The number of carbonyl (C=O) groups excluding carboxylic acids is 1. The molecule has 0 amide bonds. The number of nitrogens with zero attached hydrogens (tertiary/aromatic N) is 3. The van der Waals surface area contributed by atoms with Gasteiger partial charge in [-0.25, -0.2) is 4.79 Å². The van der Waals surface area contributed by atoms with E-state index in [4.69, 9.17) is 9.47 Å². The van der Waals surface area contributed by atoms with Gasteiger partial charge in [0.05, 0.1) is 11.9 Å². The SMILES string of the molecule is CCn1nc(C)cc1C(=O)OCCOc1cccnc1. The van der Waals surface area contributed by atoms with Gasteiger partial charge in [0.25, 0.3) is 0 Å². The molecule has 0 aliphatic rings. The number of hydrogen-bond acceptors (Lipinski definition) is 5. The Morgan fingerprint density at radius 1 is 1.40 bits per heavy atom. The van der Waals surface area contributed by atoms with E-state index in [1.807, 2.05) is 13.8 Å². The predicted octanol–water partition coefficient (Wildman–Crippen LogP) is 1.84. The summed E-state index contributed by atoms with van der Waals surface area (Å²) in [7, 11) is 0. The first-order valence-electron chi connectivity index (χ1n) is 6.45. The lowest BCUT2D eigenvalue weighted by atomic mass is 10.4. The molecule has 0 aliphatic carbocycles. The van der Waals surface area contributed by atoms with E-state index >= 15 is 0 Å². The van der Waals surface area contributed by atoms with Crippen molar-refractivity contribution in [2.45, 2.75) is 20.4 Å². The van der Waals surface area contributed by atoms with E-state index < -0.39 is 0 Å². The van der Waals surface area contributed by atoms with Crippen LogP contribution in [0.5, 0.6) is 5.75 Å². The predicted molar refractivity (Wildman–Crippen MR) is 72.7 cm³/mol. The number of aromatic nitrogens is 3. The molecule has 0 unspecified atom stereocenters. The number of esters is 1. The van der Waals surface area contributed by atoms with E-state index in [0.717, 1.165) is 5.69 Å². The molecule has 0 saturated heterocycles. The van der Waals surface area contributed by atoms with E-state index in [-0.39, 0.29) is 19.2 Å². The molecule has 106 valence electrons. The van der Waals surface area contributed by atoms with Crippen LogP contribution < -0.4 is 4.74 Å². The molecule has 20 heavy (non-hydrogen) atoms. The molecule has 0 N–H and O–H groups in total. The van der Waals surface area contributed by atoms with Gasteiger partial charge in [0.1, 0.15) is 24.7 Å². The molecular weight excluding hydrogens is 258 g/mol. The summed E-state index contributed by atoms with van der Waals surface area (Å²) in [5.74, 6) is 0.264. The fourth-order valence-electron chi connectivity index (χ4n) is 1.75. The molecule has 6 nitrogen and oxygen atoms in total. The Morgan fingerprint density at radius 2 is 2.25 bits per heavy atom. The molecule has 0 saturated carbocycles. The lowest BCUT2D eigenvalue weighted by Crippen LogP contribution is -2.16. The van der Waals surface area contributed by atoms with E-state index in [2.05, 4.69) is 10.1 Å². The molecule has 0 radical (unpaired) electrons. The molecule has 0 aromatic carbocycles. The van der Waals surface area contributed by atoms with Gasteiger partial charge in [-0.2, -0.15) is 5.10 Å². The Kier molecular flexibility index (Phi) is 4.70. The van der Waals surface area contributed by atoms with Crippen LogP contribution in [0.3, 0.4) is 0 Å². The van der Waals surface area contributed by atoms with Crippen molar-refractivity contribution in [3.8, 4) is 5.75 Å². The third-order valence-electron chi connectivity index (χ3n) is 2.63. The number of rotatable bonds is 6. The normalized spacial score (nSPS) is 10.3. The highest BCUT2D eigenvalue weighted by Gasteiger charge is 2.14. The van der Waals surface area contributed by atoms with Gasteiger partial charge in [0, 0.05) is 12.7 Å². The molecule has 2 aromatic rings. The number of pyridine rings is 1. The van der Waals surface area contributed by atoms with Crippen molar-refractivity contribution in [1.29, 1.82) is 0 Å². The summed E-state index contributed by atoms with van der Waals surface area (Å²) in [5.41, 5.74) is 1.26. The summed E-state index contributed by atoms with van der Waals surface area (Å²) in [6, 6.07) is 5.29. The monoisotopic (exact) mass is 275 g/mol. The minimum absolute atomic E-state index is 0.182. The quantitative estimate of drug-likeness (QED) is 0.594. The summed E-state index contributed by atoms with van der Waals surface area (Å²) in [4.78, 5) is 15.8. The van der Waals surface area contributed by atoms with E-state index in [9.17, 15) is 4.79 Å². The highest BCUT2D eigenvalue weighted by molar-refractivity contribution is 5.87. The van der Waals surface area contributed by atoms with Crippen LogP contribution >= 0.6 is 0 Å². The second-order valence-corrected chi connectivity index (χ2v) is 4.16. The molecule has 0 spiro atoms. The minimum Gasteiger partial charge on any atom is -0.488 e. The Bertz CT molecular complexity index is 566. The molecule has 2 rings (SSSR count). The molecule has 6 heteroatoms. The van der Waals surface area contributed by atoms with Crippen LogP contribution in [0.1, 0.15) is 23.1 Å². The first-order valence-corrected chi connectivity index (χ1v) is 6.45. The van der Waals surface area contributed by atoms with Crippen LogP contribution in [0.15, 0.2) is 30.6 Å². The maximum Gasteiger partial charge on any atom is 0.356 e. The zero-order valence-corrected chi connectivity index (χ0v) is 11.6. The second-order valence-electron chi connectivity index (χ2n) is 4.16. The Morgan fingerprint density at radius 3 is 2.95 bits per heavy atom. The van der Waals surface area contributed by atoms with Crippen molar-refractivity contribution in [3.63, 3.8) is 0 Å². The standard InChI is InChI=1S/C14H17N3O3/c1-3-17-13(9-11(2)16-17)14(18)20-8-7-19-12-5-4-6-15-10-12/h4-6,9-10H,3,7-8H2,1-2H3. The highest BCUT2D eigenvalue weighted by Crippen LogP contribution is 2.07. The maximum absolute atomic E-state index is 11.9. The molecular formula is C14H17N3O3. The fourth-order valence-corrected chi connectivity index (χ4v) is 1.75. The average Bonchev–Trinajstić information content (AvgIpc) is 2.86. The number of ether oxygens (including phenoxy) is 2. The average molecular weight is 275 g/mol. The number of carbonyl (C=O) groups is 1. The molecule has 0 fully saturated rings. The summed E-state index contributed by atoms with van der Waals surface area (Å²) < 4.78 is 12.2. The summed E-state index contributed by atoms with van der Waals surface area (Å²) in [6.45, 7) is 4.87. The summed E-state index contributed by atoms with van der Waals surface area (Å²) in [5, 5.41) is 4.20. The molecule has 0 atom stereocenters. The van der Waals surface area contributed by atoms with Crippen molar-refractivity contribution in [1.82, 2.24) is 14.8 Å². The van der Waals surface area contributed by atoms with Crippen molar-refractivity contribution in [2.75, 3.05) is 13.2 Å². The first kappa shape index (κ1) is 14.0. The lowest BCUT2D eigenvalue weighted by Gasteiger charge is -2.07. The number of hydrogen-bond donors (Lipinski definition) is 0. The van der Waals surface area contributed by atoms with Crippen LogP contribution in [-0.2, 0) is 11.3 Å². The largest absolute Gasteiger partial charge is 0.488 e. The minimum atomic E-state index is -0.387. The zero-order chi connectivity index (χ0) is 14.4. The molecule has 2 heterocycles. The first-order chi connectivity index (χ1) is 9.70. The smallest absolute Gasteiger partial charge is 0.356 e. The van der Waals surface area contributed by atoms with E-state index in [1.54, 1.807) is 35.3 Å². The summed E-state index contributed by atoms with van der Waals surface area (Å²) >= 11 is 0. The third kappa shape index (κ3) is 3.57. The van der Waals surface area contributed by atoms with Gasteiger partial charge < -0.3 is 9.47 Å². The second kappa shape index (κ2) is 6.70. The Balaban J connectivity index is 1.80. The van der Waals surface area contributed by atoms with Gasteiger partial charge in [-0.3, -0.25) is 9.67 Å². The topological polar surface area (TPSA) is 66.2 Å². The van der Waals surface area contributed by atoms with Crippen molar-refractivity contribution >= 4 is 5.97 Å². The van der Waals surface area contributed by atoms with Crippen LogP contribution in [0.4, 0.5) is 0 Å². The van der Waals surface area contributed by atoms with Gasteiger partial charge in [-0.15, -0.1) is 0 Å². The van der Waals surface area contributed by atoms with Gasteiger partial charge in [0.15, 0.2) is 0 Å². The van der Waals surface area contributed by atoms with Gasteiger partial charge in [0.2, 0.25) is 0 Å². The van der Waals surface area contributed by atoms with Gasteiger partial charge >= 0.3 is 5.97 Å². The van der Waals surface area contributed by atoms with Crippen molar-refractivity contribution in [2.24, 2.45) is 0 Å². The molecule has 0 aliphatic heterocycles. The van der Waals surface area contributed by atoms with Crippen molar-refractivity contribution < 1.29 is 14.3 Å². The van der Waals surface area contributed by atoms with E-state index in [1.165, 1.54) is 0 Å². The van der Waals surface area contributed by atoms with Crippen LogP contribution in [0, 0.1) is 6.92 Å². The van der Waals surface area contributed by atoms with E-state index in [0.29, 0.717) is 18.0 Å². The van der Waals surface area contributed by atoms with Crippen LogP contribution in [-0.4, -0.2) is 33.9 Å². The van der Waals surface area contributed by atoms with Gasteiger partial charge in [-0.1, -0.05) is 0 Å². The number of aryl methyl sites for hydroxylation is 2. The van der Waals surface area contributed by atoms with Crippen LogP contribution in [0.2, 0.25) is 0 Å². The fraction of sp³-hybridized carbons (Fsp3) is 0.357. The molecule has 2 aromatic heterocycles. The Labute approximate surface area is 117 Å². The Hall–Kier alpha value is -2.37. The third-order valence-corrected chi connectivity index (χ3v) is 2.63. The zero-order valence-electron chi connectivity index (χ0n) is 11.6. The van der Waals surface area contributed by atoms with Gasteiger partial charge in [-0.05, 0) is 32.0 Å². The lowest BCUT2D eigenvalue weighted by molar-refractivity contribution is 0.0436. The molecule has 0 bridgehead atoms. The highest BCUT2D eigenvalue weighted by atomic mass is 16.6. The van der Waals surface area contributed by atoms with Crippen molar-refractivity contribution in [3.05, 3.63) is 42.0 Å². The van der Waals surface area contributed by atoms with Crippen LogP contribution in [0.25, 0.3) is 0 Å².